The van der Waals surface area contributed by atoms with Crippen LogP contribution >= 0.6 is 0 Å². The molecule has 1 aromatic rings. The van der Waals surface area contributed by atoms with Crippen molar-refractivity contribution in [1.29, 1.82) is 10.8 Å². The third-order valence-electron chi connectivity index (χ3n) is 5.95. The summed E-state index contributed by atoms with van der Waals surface area (Å²) < 4.78 is 48.3. The molecule has 3 aliphatic rings. The minimum atomic E-state index is -4.61. The Labute approximate surface area is 189 Å². The number of halogens is 3. The summed E-state index contributed by atoms with van der Waals surface area (Å²) in [6.45, 7) is -0.820. The lowest BCUT2D eigenvalue weighted by atomic mass is 9.85. The molecule has 1 amide bonds. The summed E-state index contributed by atoms with van der Waals surface area (Å²) in [5.41, 5.74) is 1.74. The lowest BCUT2D eigenvalue weighted by Crippen LogP contribution is -2.81. The van der Waals surface area contributed by atoms with Crippen LogP contribution in [0.1, 0.15) is 15.9 Å². The summed E-state index contributed by atoms with van der Waals surface area (Å²) >= 11 is 0. The highest BCUT2D eigenvalue weighted by atomic mass is 19.4. The maximum atomic E-state index is 12.8. The van der Waals surface area contributed by atoms with E-state index in [1.54, 1.807) is 0 Å². The van der Waals surface area contributed by atoms with Crippen molar-refractivity contribution in [2.24, 2.45) is 5.73 Å². The average Bonchev–Trinajstić information content (AvgIpc) is 3.21. The van der Waals surface area contributed by atoms with Gasteiger partial charge in [0.05, 0.1) is 23.7 Å². The van der Waals surface area contributed by atoms with E-state index in [2.05, 4.69) is 16.0 Å². The fraction of sp³-hybridized carbons (Fsp3) is 0.444. The molecule has 13 nitrogen and oxygen atoms in total. The van der Waals surface area contributed by atoms with Crippen LogP contribution in [0.15, 0.2) is 24.3 Å². The van der Waals surface area contributed by atoms with Crippen LogP contribution in [-0.4, -0.2) is 81.9 Å². The molecular weight excluding hydrogens is 467 g/mol. The van der Waals surface area contributed by atoms with Gasteiger partial charge in [-0.05, 0) is 24.3 Å². The Bertz CT molecular complexity index is 1050. The van der Waals surface area contributed by atoms with Crippen molar-refractivity contribution in [2.75, 3.05) is 13.2 Å². The van der Waals surface area contributed by atoms with Crippen LogP contribution in [0.4, 0.5) is 18.0 Å². The van der Waals surface area contributed by atoms with Gasteiger partial charge in [-0.2, -0.15) is 13.2 Å². The third-order valence-corrected chi connectivity index (χ3v) is 5.95. The molecule has 0 bridgehead atoms. The molecule has 0 aliphatic carbocycles. The van der Waals surface area contributed by atoms with Gasteiger partial charge < -0.3 is 46.3 Å². The molecule has 3 heterocycles. The number of alkyl halides is 3. The van der Waals surface area contributed by atoms with Crippen molar-refractivity contribution in [2.45, 2.75) is 35.8 Å². The maximum absolute atomic E-state index is 12.8. The summed E-state index contributed by atoms with van der Waals surface area (Å²) in [7, 11) is 0. The molecule has 1 aromatic carbocycles. The van der Waals surface area contributed by atoms with Crippen LogP contribution in [0.5, 0.6) is 0 Å². The number of carbonyl (C=O) groups excluding carboxylic acids is 2. The first-order valence-electron chi connectivity index (χ1n) is 9.78. The van der Waals surface area contributed by atoms with Crippen molar-refractivity contribution in [3.05, 3.63) is 35.4 Å². The summed E-state index contributed by atoms with van der Waals surface area (Å²) in [4.78, 5) is 24.7. The number of ether oxygens (including phenoxy) is 2. The van der Waals surface area contributed by atoms with E-state index in [1.807, 2.05) is 0 Å². The van der Waals surface area contributed by atoms with Crippen LogP contribution < -0.4 is 21.7 Å². The molecule has 0 saturated carbocycles. The second kappa shape index (κ2) is 7.63. The Kier molecular flexibility index (Phi) is 5.24. The number of aliphatic hydroxyl groups is 2. The number of hydrogen-bond donors (Lipinski definition) is 8. The Balaban J connectivity index is 1.60. The summed E-state index contributed by atoms with van der Waals surface area (Å²) in [5.74, 6) is -4.75. The zero-order valence-electron chi connectivity index (χ0n) is 17.1. The number of hydrogen-bond acceptors (Lipinski definition) is 8. The zero-order chi connectivity index (χ0) is 25.1. The second-order valence-electron chi connectivity index (χ2n) is 7.92. The summed E-state index contributed by atoms with van der Waals surface area (Å²) in [6, 6.07) is 1.10. The smallest absolute Gasteiger partial charge is 0.416 e. The summed E-state index contributed by atoms with van der Waals surface area (Å²) in [6.07, 6.45) is -7.41. The number of primary amides is 1. The molecule has 184 valence electrons. The number of rotatable bonds is 4. The molecule has 34 heavy (non-hydrogen) atoms. The highest BCUT2D eigenvalue weighted by Crippen LogP contribution is 2.44. The molecule has 0 radical (unpaired) electrons. The fourth-order valence-corrected chi connectivity index (χ4v) is 4.42. The van der Waals surface area contributed by atoms with Crippen LogP contribution in [0, 0.1) is 10.8 Å². The lowest BCUT2D eigenvalue weighted by Gasteiger charge is -2.50. The Morgan fingerprint density at radius 1 is 1.21 bits per heavy atom. The maximum Gasteiger partial charge on any atom is 0.416 e. The fourth-order valence-electron chi connectivity index (χ4n) is 4.42. The summed E-state index contributed by atoms with van der Waals surface area (Å²) in [5, 5.41) is 46.4. The van der Waals surface area contributed by atoms with Gasteiger partial charge in [0.1, 0.15) is 12.6 Å². The van der Waals surface area contributed by atoms with E-state index >= 15 is 0 Å². The lowest BCUT2D eigenvalue weighted by molar-refractivity contribution is -0.258. The number of guanidine groups is 2. The second-order valence-corrected chi connectivity index (χ2v) is 7.92. The standard InChI is InChI=1S/C18H20F3N7O6/c19-18(20,21)8-3-1-7(2-4-8)12(29)34-10-5-28-14(23)25-9(6-33-15(24)30)11-16(28,17(10,31)32)27-13(22)26-11/h1-4,9-11,31-32H,5-6H2,(H2,23,25)(H2,24,30)(H3,22,26,27)/t9-,10-,11?,16-/m0/s1. The van der Waals surface area contributed by atoms with Crippen molar-refractivity contribution in [1.82, 2.24) is 20.9 Å². The van der Waals surface area contributed by atoms with Gasteiger partial charge in [0.2, 0.25) is 5.79 Å². The van der Waals surface area contributed by atoms with Gasteiger partial charge in [-0.25, -0.2) is 9.59 Å². The van der Waals surface area contributed by atoms with Gasteiger partial charge >= 0.3 is 18.2 Å². The first-order valence-corrected chi connectivity index (χ1v) is 9.78. The van der Waals surface area contributed by atoms with E-state index in [0.29, 0.717) is 12.1 Å². The number of esters is 1. The van der Waals surface area contributed by atoms with E-state index in [1.165, 1.54) is 0 Å². The monoisotopic (exact) mass is 487 g/mol. The average molecular weight is 487 g/mol. The largest absolute Gasteiger partial charge is 0.451 e. The molecule has 1 unspecified atom stereocenters. The van der Waals surface area contributed by atoms with Gasteiger partial charge in [-0.15, -0.1) is 0 Å². The van der Waals surface area contributed by atoms with Crippen molar-refractivity contribution < 1.29 is 42.4 Å². The van der Waals surface area contributed by atoms with Crippen molar-refractivity contribution in [3.8, 4) is 0 Å². The van der Waals surface area contributed by atoms with Gasteiger partial charge in [-0.3, -0.25) is 10.8 Å². The number of nitrogens with two attached hydrogens (primary N) is 1. The van der Waals surface area contributed by atoms with Gasteiger partial charge in [0.25, 0.3) is 0 Å². The van der Waals surface area contributed by atoms with Gasteiger partial charge in [-0.1, -0.05) is 0 Å². The number of nitrogens with zero attached hydrogens (tertiary/aromatic N) is 1. The van der Waals surface area contributed by atoms with Gasteiger partial charge in [0, 0.05) is 0 Å². The SMILES string of the molecule is N=C1NC2[C@H](COC(N)=O)NC(=N)N3C[C@H](OC(=O)c4ccc(C(F)(F)F)cc4)C(O)(O)[C@]23N1. The molecule has 3 fully saturated rings. The molecule has 0 aromatic heterocycles. The van der Waals surface area contributed by atoms with E-state index in [0.717, 1.165) is 17.0 Å². The number of nitrogens with one attached hydrogen (secondary N) is 5. The Hall–Kier alpha value is -3.79. The van der Waals surface area contributed by atoms with Crippen molar-refractivity contribution >= 4 is 24.0 Å². The molecule has 4 atom stereocenters. The predicted octanol–water partition coefficient (Wildman–Crippen LogP) is -1.58. The molecule has 4 rings (SSSR count). The topological polar surface area (TPSA) is 206 Å². The molecule has 16 heteroatoms. The normalized spacial score (nSPS) is 29.3. The minimum absolute atomic E-state index is 0.270. The van der Waals surface area contributed by atoms with E-state index < -0.39 is 66.6 Å². The Morgan fingerprint density at radius 3 is 2.44 bits per heavy atom. The molecule has 9 N–H and O–H groups in total. The van der Waals surface area contributed by atoms with E-state index in [9.17, 15) is 33.0 Å². The van der Waals surface area contributed by atoms with Crippen LogP contribution in [-0.2, 0) is 15.7 Å². The van der Waals surface area contributed by atoms with E-state index in [4.69, 9.17) is 26.0 Å². The first-order chi connectivity index (χ1) is 15.8. The number of amides is 1. The molecule has 3 aliphatic heterocycles. The zero-order valence-corrected chi connectivity index (χ0v) is 17.1. The highest BCUT2D eigenvalue weighted by Gasteiger charge is 2.75. The van der Waals surface area contributed by atoms with Crippen LogP contribution in [0.3, 0.4) is 0 Å². The molecular formula is C18H20F3N7O6. The van der Waals surface area contributed by atoms with Gasteiger partial charge in [0.15, 0.2) is 23.7 Å². The highest BCUT2D eigenvalue weighted by molar-refractivity contribution is 5.90. The minimum Gasteiger partial charge on any atom is -0.451 e. The predicted molar refractivity (Wildman–Crippen MR) is 105 cm³/mol. The van der Waals surface area contributed by atoms with Crippen LogP contribution in [0.25, 0.3) is 0 Å². The molecule has 1 spiro atoms. The van der Waals surface area contributed by atoms with Crippen molar-refractivity contribution in [3.63, 3.8) is 0 Å². The number of carbonyl (C=O) groups is 2. The molecule has 3 saturated heterocycles. The van der Waals surface area contributed by atoms with Crippen LogP contribution in [0.2, 0.25) is 0 Å². The quantitative estimate of drug-likeness (QED) is 0.181. The Morgan fingerprint density at radius 2 is 1.85 bits per heavy atom. The van der Waals surface area contributed by atoms with E-state index in [-0.39, 0.29) is 17.5 Å². The first kappa shape index (κ1) is 23.4. The number of benzene rings is 1. The third kappa shape index (κ3) is 3.50.